The van der Waals surface area contributed by atoms with Gasteiger partial charge in [0.15, 0.2) is 11.5 Å². The Labute approximate surface area is 208 Å². The predicted molar refractivity (Wildman–Crippen MR) is 124 cm³/mol. The van der Waals surface area contributed by atoms with Crippen LogP contribution in [0.1, 0.15) is 26.5 Å². The number of benzene rings is 1. The normalized spacial score (nSPS) is 11.7. The topological polar surface area (TPSA) is 64.7 Å². The van der Waals surface area contributed by atoms with Crippen LogP contribution in [0.4, 0.5) is 19.0 Å². The minimum atomic E-state index is -4.50. The van der Waals surface area contributed by atoms with E-state index in [2.05, 4.69) is 31.4 Å². The van der Waals surface area contributed by atoms with E-state index in [0.717, 1.165) is 11.6 Å². The summed E-state index contributed by atoms with van der Waals surface area (Å²) < 4.78 is 41.5. The van der Waals surface area contributed by atoms with Crippen molar-refractivity contribution in [2.75, 3.05) is 5.32 Å². The lowest BCUT2D eigenvalue weighted by Gasteiger charge is -2.04. The number of anilines is 1. The molecule has 1 N–H and O–H groups in total. The average Bonchev–Trinajstić information content (AvgIpc) is 3.46. The standard InChI is InChI=1S/C20H13BrCl2F3N5OS/c21-13-9-31(7-11-1-2-14(22)15(23)5-11)29-18(13)27-19(32)16-6-12(10-33-16)8-30-4-3-17(28-30)20(24,25)26/h1-6,9-10H,7-8H2,(H,27,29,32). The minimum Gasteiger partial charge on any atom is -0.303 e. The number of hydrogen-bond donors (Lipinski definition) is 1. The number of rotatable bonds is 6. The van der Waals surface area contributed by atoms with Crippen molar-refractivity contribution < 1.29 is 18.0 Å². The fourth-order valence-electron chi connectivity index (χ4n) is 2.92. The highest BCUT2D eigenvalue weighted by Gasteiger charge is 2.33. The van der Waals surface area contributed by atoms with E-state index in [-0.39, 0.29) is 12.5 Å². The third kappa shape index (κ3) is 5.78. The van der Waals surface area contributed by atoms with E-state index in [9.17, 15) is 18.0 Å². The average molecular weight is 579 g/mol. The third-order valence-electron chi connectivity index (χ3n) is 4.43. The first-order valence-corrected chi connectivity index (χ1v) is 11.7. The number of alkyl halides is 3. The molecule has 0 saturated carbocycles. The molecule has 0 spiro atoms. The molecular weight excluding hydrogens is 566 g/mol. The van der Waals surface area contributed by atoms with Crippen molar-refractivity contribution in [1.29, 1.82) is 0 Å². The quantitative estimate of drug-likeness (QED) is 0.281. The zero-order chi connectivity index (χ0) is 23.8. The highest BCUT2D eigenvalue weighted by Crippen LogP contribution is 2.28. The summed E-state index contributed by atoms with van der Waals surface area (Å²) in [6.45, 7) is 0.528. The molecule has 0 fully saturated rings. The zero-order valence-electron chi connectivity index (χ0n) is 16.4. The van der Waals surface area contributed by atoms with Crippen molar-refractivity contribution in [3.63, 3.8) is 0 Å². The molecule has 0 unspecified atom stereocenters. The number of hydrogen-bond acceptors (Lipinski definition) is 4. The van der Waals surface area contributed by atoms with Gasteiger partial charge in [0, 0.05) is 12.4 Å². The molecule has 0 radical (unpaired) electrons. The highest BCUT2D eigenvalue weighted by atomic mass is 79.9. The van der Waals surface area contributed by atoms with Crippen molar-refractivity contribution in [3.05, 3.63) is 84.3 Å². The van der Waals surface area contributed by atoms with Crippen LogP contribution in [0.3, 0.4) is 0 Å². The number of thiophene rings is 1. The molecule has 0 aliphatic heterocycles. The van der Waals surface area contributed by atoms with Gasteiger partial charge in [0.1, 0.15) is 0 Å². The molecule has 0 aliphatic rings. The maximum atomic E-state index is 12.7. The molecule has 1 aromatic carbocycles. The first-order valence-electron chi connectivity index (χ1n) is 9.25. The van der Waals surface area contributed by atoms with Gasteiger partial charge in [0.25, 0.3) is 5.91 Å². The summed E-state index contributed by atoms with van der Waals surface area (Å²) in [5, 5.41) is 13.2. The van der Waals surface area contributed by atoms with Gasteiger partial charge >= 0.3 is 6.18 Å². The van der Waals surface area contributed by atoms with Crippen LogP contribution in [0.15, 0.2) is 52.6 Å². The Bertz CT molecular complexity index is 1320. The van der Waals surface area contributed by atoms with Crippen molar-refractivity contribution in [2.45, 2.75) is 19.3 Å². The summed E-state index contributed by atoms with van der Waals surface area (Å²) in [4.78, 5) is 13.0. The van der Waals surface area contributed by atoms with Crippen LogP contribution in [-0.4, -0.2) is 25.5 Å². The molecule has 0 atom stereocenters. The first kappa shape index (κ1) is 23.8. The van der Waals surface area contributed by atoms with Gasteiger partial charge in [-0.1, -0.05) is 29.3 Å². The van der Waals surface area contributed by atoms with E-state index < -0.39 is 11.9 Å². The van der Waals surface area contributed by atoms with Gasteiger partial charge in [-0.15, -0.1) is 11.3 Å². The maximum absolute atomic E-state index is 12.7. The molecule has 172 valence electrons. The van der Waals surface area contributed by atoms with E-state index in [1.54, 1.807) is 34.5 Å². The second-order valence-corrected chi connectivity index (χ2v) is 9.52. The Morgan fingerprint density at radius 2 is 1.82 bits per heavy atom. The van der Waals surface area contributed by atoms with Crippen LogP contribution in [0, 0.1) is 0 Å². The zero-order valence-corrected chi connectivity index (χ0v) is 20.3. The van der Waals surface area contributed by atoms with Crippen molar-refractivity contribution >= 4 is 62.2 Å². The molecular formula is C20H13BrCl2F3N5OS. The van der Waals surface area contributed by atoms with Crippen LogP contribution in [0.2, 0.25) is 10.0 Å². The van der Waals surface area contributed by atoms with Gasteiger partial charge in [-0.05, 0) is 56.7 Å². The van der Waals surface area contributed by atoms with Crippen molar-refractivity contribution in [3.8, 4) is 0 Å². The van der Waals surface area contributed by atoms with Gasteiger partial charge in [-0.25, -0.2) is 0 Å². The Hall–Kier alpha value is -2.34. The molecule has 3 heterocycles. The lowest BCUT2D eigenvalue weighted by molar-refractivity contribution is -0.141. The van der Waals surface area contributed by atoms with E-state index >= 15 is 0 Å². The molecule has 6 nitrogen and oxygen atoms in total. The van der Waals surface area contributed by atoms with Gasteiger partial charge in [-0.2, -0.15) is 23.4 Å². The van der Waals surface area contributed by atoms with Crippen LogP contribution in [-0.2, 0) is 19.3 Å². The lowest BCUT2D eigenvalue weighted by Crippen LogP contribution is -2.12. The molecule has 33 heavy (non-hydrogen) atoms. The molecule has 3 aromatic heterocycles. The first-order chi connectivity index (χ1) is 15.6. The number of amides is 1. The summed E-state index contributed by atoms with van der Waals surface area (Å²) >= 11 is 16.5. The SMILES string of the molecule is O=C(Nc1nn(Cc2ccc(Cl)c(Cl)c2)cc1Br)c1cc(Cn2ccc(C(F)(F)F)n2)cs1. The summed E-state index contributed by atoms with van der Waals surface area (Å²) in [6, 6.07) is 7.78. The summed E-state index contributed by atoms with van der Waals surface area (Å²) in [7, 11) is 0. The van der Waals surface area contributed by atoms with E-state index in [1.807, 2.05) is 6.07 Å². The summed E-state index contributed by atoms with van der Waals surface area (Å²) in [5.74, 6) is -0.0555. The number of nitrogens with one attached hydrogen (secondary N) is 1. The fourth-order valence-corrected chi connectivity index (χ4v) is 4.46. The van der Waals surface area contributed by atoms with Gasteiger partial charge < -0.3 is 5.32 Å². The van der Waals surface area contributed by atoms with Crippen LogP contribution in [0.25, 0.3) is 0 Å². The van der Waals surface area contributed by atoms with Crippen molar-refractivity contribution in [2.24, 2.45) is 0 Å². The van der Waals surface area contributed by atoms with Crippen molar-refractivity contribution in [1.82, 2.24) is 19.6 Å². The number of carbonyl (C=O) groups excluding carboxylic acids is 1. The lowest BCUT2D eigenvalue weighted by atomic mass is 10.2. The smallest absolute Gasteiger partial charge is 0.303 e. The highest BCUT2D eigenvalue weighted by molar-refractivity contribution is 9.10. The molecule has 1 amide bonds. The second kappa shape index (κ2) is 9.49. The van der Waals surface area contributed by atoms with E-state index in [1.165, 1.54) is 22.2 Å². The Morgan fingerprint density at radius 3 is 2.52 bits per heavy atom. The van der Waals surface area contributed by atoms with Gasteiger partial charge in [0.2, 0.25) is 0 Å². The largest absolute Gasteiger partial charge is 0.435 e. The Morgan fingerprint density at radius 1 is 1.06 bits per heavy atom. The van der Waals surface area contributed by atoms with Crippen LogP contribution < -0.4 is 5.32 Å². The van der Waals surface area contributed by atoms with Crippen LogP contribution >= 0.6 is 50.5 Å². The fraction of sp³-hybridized carbons (Fsp3) is 0.150. The molecule has 0 bridgehead atoms. The summed E-state index contributed by atoms with van der Waals surface area (Å²) in [5.41, 5.74) is 0.579. The van der Waals surface area contributed by atoms with Gasteiger partial charge in [-0.3, -0.25) is 14.2 Å². The van der Waals surface area contributed by atoms with E-state index in [0.29, 0.717) is 37.3 Å². The molecule has 0 aliphatic carbocycles. The molecule has 4 rings (SSSR count). The van der Waals surface area contributed by atoms with Crippen LogP contribution in [0.5, 0.6) is 0 Å². The number of nitrogens with zero attached hydrogens (tertiary/aromatic N) is 4. The number of halogens is 6. The third-order valence-corrected chi connectivity index (χ3v) is 6.73. The Kier molecular flexibility index (Phi) is 6.85. The van der Waals surface area contributed by atoms with E-state index in [4.69, 9.17) is 23.2 Å². The molecule has 13 heteroatoms. The monoisotopic (exact) mass is 577 g/mol. The molecule has 0 saturated heterocycles. The minimum absolute atomic E-state index is 0.113. The Balaban J connectivity index is 1.41. The number of aromatic nitrogens is 4. The van der Waals surface area contributed by atoms with Gasteiger partial charge in [0.05, 0.1) is 32.5 Å². The maximum Gasteiger partial charge on any atom is 0.435 e. The molecule has 4 aromatic rings. The number of carbonyl (C=O) groups is 1. The second-order valence-electron chi connectivity index (χ2n) is 6.94. The summed E-state index contributed by atoms with van der Waals surface area (Å²) in [6.07, 6.45) is -1.53. The predicted octanol–water partition coefficient (Wildman–Crippen LogP) is 6.58.